The van der Waals surface area contributed by atoms with Gasteiger partial charge in [-0.05, 0) is 12.1 Å². The van der Waals surface area contributed by atoms with E-state index in [1.54, 1.807) is 19.4 Å². The van der Waals surface area contributed by atoms with Gasteiger partial charge in [-0.3, -0.25) is 9.59 Å². The lowest BCUT2D eigenvalue weighted by atomic mass is 10.2. The molecule has 7 nitrogen and oxygen atoms in total. The van der Waals surface area contributed by atoms with Gasteiger partial charge in [0.25, 0.3) is 11.5 Å². The molecule has 0 aliphatic rings. The summed E-state index contributed by atoms with van der Waals surface area (Å²) in [5.41, 5.74) is 5.23. The van der Waals surface area contributed by atoms with Crippen molar-refractivity contribution < 1.29 is 14.3 Å². The second-order valence-corrected chi connectivity index (χ2v) is 5.24. The van der Waals surface area contributed by atoms with E-state index in [0.717, 1.165) is 0 Å². The van der Waals surface area contributed by atoms with Crippen LogP contribution in [0.2, 0.25) is 0 Å². The average Bonchev–Trinajstić information content (AvgIpc) is 2.48. The second-order valence-electron chi connectivity index (χ2n) is 4.76. The predicted octanol–water partition coefficient (Wildman–Crippen LogP) is -0.0881. The van der Waals surface area contributed by atoms with Gasteiger partial charge < -0.3 is 25.1 Å². The Labute approximate surface area is 134 Å². The topological polar surface area (TPSA) is 95.6 Å². The quantitative estimate of drug-likeness (QED) is 0.486. The third-order valence-corrected chi connectivity index (χ3v) is 3.33. The molecule has 1 amide bonds. The van der Waals surface area contributed by atoms with Crippen LogP contribution in [-0.2, 0) is 16.1 Å². The Morgan fingerprint density at radius 3 is 2.91 bits per heavy atom. The highest BCUT2D eigenvalue weighted by molar-refractivity contribution is 7.80. The number of nitrogens with zero attached hydrogens (tertiary/aromatic N) is 1. The molecule has 0 saturated heterocycles. The molecule has 1 atom stereocenters. The van der Waals surface area contributed by atoms with E-state index in [-0.39, 0.29) is 29.7 Å². The third kappa shape index (κ3) is 5.82. The van der Waals surface area contributed by atoms with Crippen molar-refractivity contribution in [2.45, 2.75) is 13.5 Å². The molecule has 1 aromatic heterocycles. The van der Waals surface area contributed by atoms with Crippen LogP contribution in [0.15, 0.2) is 23.1 Å². The number of aromatic nitrogens is 1. The molecular formula is C14H21N3O4S. The summed E-state index contributed by atoms with van der Waals surface area (Å²) < 4.78 is 11.5. The van der Waals surface area contributed by atoms with Crippen molar-refractivity contribution in [3.8, 4) is 5.75 Å². The van der Waals surface area contributed by atoms with Gasteiger partial charge in [-0.25, -0.2) is 0 Å². The Hall–Kier alpha value is -1.93. The summed E-state index contributed by atoms with van der Waals surface area (Å²) in [5.74, 6) is -0.316. The number of nitrogens with two attached hydrogens (primary N) is 1. The molecule has 3 N–H and O–H groups in total. The number of carbonyl (C=O) groups is 1. The number of pyridine rings is 1. The van der Waals surface area contributed by atoms with E-state index in [2.05, 4.69) is 5.32 Å². The largest absolute Gasteiger partial charge is 0.478 e. The van der Waals surface area contributed by atoms with E-state index in [1.807, 2.05) is 6.92 Å². The fraction of sp³-hybridized carbons (Fsp3) is 0.500. The minimum absolute atomic E-state index is 0.111. The van der Waals surface area contributed by atoms with Crippen LogP contribution in [0.25, 0.3) is 0 Å². The Morgan fingerprint density at radius 1 is 1.55 bits per heavy atom. The summed E-state index contributed by atoms with van der Waals surface area (Å²) in [7, 11) is 1.54. The Kier molecular flexibility index (Phi) is 7.55. The number of nitrogens with one attached hydrogen (secondary N) is 1. The van der Waals surface area contributed by atoms with Crippen LogP contribution in [0.1, 0.15) is 6.92 Å². The van der Waals surface area contributed by atoms with Crippen molar-refractivity contribution >= 4 is 23.1 Å². The lowest BCUT2D eigenvalue weighted by Gasteiger charge is -2.13. The van der Waals surface area contributed by atoms with Gasteiger partial charge in [-0.1, -0.05) is 19.1 Å². The van der Waals surface area contributed by atoms with Crippen molar-refractivity contribution in [3.05, 3.63) is 28.7 Å². The molecule has 1 unspecified atom stereocenters. The molecule has 8 heteroatoms. The number of hydrogen-bond donors (Lipinski definition) is 2. The van der Waals surface area contributed by atoms with Gasteiger partial charge in [-0.2, -0.15) is 0 Å². The van der Waals surface area contributed by atoms with Gasteiger partial charge in [0.1, 0.15) is 0 Å². The van der Waals surface area contributed by atoms with E-state index in [9.17, 15) is 9.59 Å². The smallest absolute Gasteiger partial charge is 0.292 e. The Morgan fingerprint density at radius 2 is 2.27 bits per heavy atom. The van der Waals surface area contributed by atoms with E-state index in [1.165, 1.54) is 10.6 Å². The lowest BCUT2D eigenvalue weighted by molar-refractivity contribution is -0.123. The monoisotopic (exact) mass is 327 g/mol. The van der Waals surface area contributed by atoms with Crippen molar-refractivity contribution in [1.29, 1.82) is 0 Å². The second kappa shape index (κ2) is 9.16. The van der Waals surface area contributed by atoms with Crippen LogP contribution in [0.5, 0.6) is 5.75 Å². The van der Waals surface area contributed by atoms with E-state index in [0.29, 0.717) is 24.7 Å². The molecule has 0 bridgehead atoms. The summed E-state index contributed by atoms with van der Waals surface area (Å²) >= 11 is 4.90. The number of hydrogen-bond acceptors (Lipinski definition) is 5. The molecule has 0 spiro atoms. The molecule has 0 aliphatic carbocycles. The summed E-state index contributed by atoms with van der Waals surface area (Å²) in [4.78, 5) is 24.1. The van der Waals surface area contributed by atoms with Crippen LogP contribution in [0.3, 0.4) is 0 Å². The SMILES string of the molecule is COCCNC(=O)COc1cccn(CC(C)C(N)=S)c1=O. The maximum Gasteiger partial charge on any atom is 0.292 e. The van der Waals surface area contributed by atoms with Gasteiger partial charge in [0.15, 0.2) is 12.4 Å². The zero-order chi connectivity index (χ0) is 16.5. The first-order chi connectivity index (χ1) is 10.5. The zero-order valence-electron chi connectivity index (χ0n) is 12.7. The van der Waals surface area contributed by atoms with Gasteiger partial charge in [0, 0.05) is 32.3 Å². The minimum Gasteiger partial charge on any atom is -0.478 e. The molecule has 1 aromatic rings. The molecular weight excluding hydrogens is 306 g/mol. The van der Waals surface area contributed by atoms with Crippen LogP contribution in [0.4, 0.5) is 0 Å². The predicted molar refractivity (Wildman–Crippen MR) is 87.0 cm³/mol. The highest BCUT2D eigenvalue weighted by Gasteiger charge is 2.11. The lowest BCUT2D eigenvalue weighted by Crippen LogP contribution is -2.33. The molecule has 0 radical (unpaired) electrons. The number of carbonyl (C=O) groups excluding carboxylic acids is 1. The van der Waals surface area contributed by atoms with E-state index >= 15 is 0 Å². The summed E-state index contributed by atoms with van der Waals surface area (Å²) in [6, 6.07) is 3.19. The standard InChI is InChI=1S/C14H21N3O4S/c1-10(13(15)22)8-17-6-3-4-11(14(17)19)21-9-12(18)16-5-7-20-2/h3-4,6,10H,5,7-9H2,1-2H3,(H2,15,22)(H,16,18). The van der Waals surface area contributed by atoms with Crippen molar-refractivity contribution in [2.75, 3.05) is 26.9 Å². The molecule has 1 heterocycles. The van der Waals surface area contributed by atoms with Crippen LogP contribution in [-0.4, -0.2) is 42.3 Å². The molecule has 0 aliphatic heterocycles. The van der Waals surface area contributed by atoms with Gasteiger partial charge in [0.05, 0.1) is 11.6 Å². The van der Waals surface area contributed by atoms with Gasteiger partial charge in [0.2, 0.25) is 0 Å². The number of rotatable bonds is 9. The first-order valence-corrected chi connectivity index (χ1v) is 7.23. The number of amides is 1. The maximum absolute atomic E-state index is 12.2. The highest BCUT2D eigenvalue weighted by atomic mass is 32.1. The summed E-state index contributed by atoms with van der Waals surface area (Å²) in [5, 5.41) is 2.60. The van der Waals surface area contributed by atoms with Crippen LogP contribution >= 0.6 is 12.2 Å². The highest BCUT2D eigenvalue weighted by Crippen LogP contribution is 2.05. The van der Waals surface area contributed by atoms with Crippen LogP contribution in [0, 0.1) is 5.92 Å². The average molecular weight is 327 g/mol. The molecule has 122 valence electrons. The number of ether oxygens (including phenoxy) is 2. The third-order valence-electron chi connectivity index (χ3n) is 2.93. The summed E-state index contributed by atoms with van der Waals surface area (Å²) in [6.07, 6.45) is 1.63. The molecule has 0 saturated carbocycles. The van der Waals surface area contributed by atoms with Crippen molar-refractivity contribution in [1.82, 2.24) is 9.88 Å². The van der Waals surface area contributed by atoms with Crippen LogP contribution < -0.4 is 21.3 Å². The fourth-order valence-corrected chi connectivity index (χ4v) is 1.71. The normalized spacial score (nSPS) is 11.7. The van der Waals surface area contributed by atoms with Crippen molar-refractivity contribution in [2.24, 2.45) is 11.7 Å². The molecule has 0 fully saturated rings. The summed E-state index contributed by atoms with van der Waals surface area (Å²) in [6.45, 7) is 2.79. The molecule has 22 heavy (non-hydrogen) atoms. The Balaban J connectivity index is 2.63. The Bertz CT molecular complexity index is 573. The molecule has 1 rings (SSSR count). The first-order valence-electron chi connectivity index (χ1n) is 6.83. The van der Waals surface area contributed by atoms with Gasteiger partial charge in [-0.15, -0.1) is 0 Å². The van der Waals surface area contributed by atoms with Crippen molar-refractivity contribution in [3.63, 3.8) is 0 Å². The zero-order valence-corrected chi connectivity index (χ0v) is 13.5. The fourth-order valence-electron chi connectivity index (χ4n) is 1.64. The number of thiocarbonyl (C=S) groups is 1. The van der Waals surface area contributed by atoms with Gasteiger partial charge >= 0.3 is 0 Å². The first kappa shape index (κ1) is 18.1. The minimum atomic E-state index is -0.324. The maximum atomic E-state index is 12.2. The van der Waals surface area contributed by atoms with E-state index < -0.39 is 0 Å². The number of methoxy groups -OCH3 is 1. The van der Waals surface area contributed by atoms with E-state index in [4.69, 9.17) is 27.4 Å². The molecule has 0 aromatic carbocycles.